The first kappa shape index (κ1) is 12.7. The summed E-state index contributed by atoms with van der Waals surface area (Å²) < 4.78 is 8.04. The zero-order valence-electron chi connectivity index (χ0n) is 10.2. The molecule has 4 nitrogen and oxygen atoms in total. The standard InChI is InChI=1S/C13H9IN2O2S/c1-6-10-11(18-13(19)16(2)12(10)17)8-5-7(14)3-4-9(8)15-6/h3-5H,1-2H3. The summed E-state index contributed by atoms with van der Waals surface area (Å²) in [4.78, 5) is 16.9. The zero-order valence-corrected chi connectivity index (χ0v) is 13.2. The molecule has 0 fully saturated rings. The Kier molecular flexibility index (Phi) is 2.94. The minimum Gasteiger partial charge on any atom is -0.430 e. The van der Waals surface area contributed by atoms with E-state index < -0.39 is 0 Å². The molecule has 0 bridgehead atoms. The van der Waals surface area contributed by atoms with Crippen molar-refractivity contribution in [2.45, 2.75) is 6.92 Å². The molecule has 0 saturated heterocycles. The Balaban J connectivity index is 2.72. The Bertz CT molecular complexity index is 943. The number of benzene rings is 1. The summed E-state index contributed by atoms with van der Waals surface area (Å²) in [6, 6.07) is 5.83. The van der Waals surface area contributed by atoms with E-state index in [0.29, 0.717) is 16.7 Å². The zero-order chi connectivity index (χ0) is 13.7. The van der Waals surface area contributed by atoms with Crippen LogP contribution in [-0.2, 0) is 7.05 Å². The van der Waals surface area contributed by atoms with Gasteiger partial charge in [0.05, 0.1) is 11.2 Å². The van der Waals surface area contributed by atoms with Crippen LogP contribution in [0.15, 0.2) is 27.4 Å². The highest BCUT2D eigenvalue weighted by Crippen LogP contribution is 2.25. The van der Waals surface area contributed by atoms with Crippen LogP contribution in [0, 0.1) is 15.3 Å². The van der Waals surface area contributed by atoms with Crippen molar-refractivity contribution < 1.29 is 4.42 Å². The molecule has 0 unspecified atom stereocenters. The molecule has 0 spiro atoms. The van der Waals surface area contributed by atoms with E-state index in [-0.39, 0.29) is 10.4 Å². The van der Waals surface area contributed by atoms with Crippen LogP contribution in [0.25, 0.3) is 21.9 Å². The van der Waals surface area contributed by atoms with Crippen LogP contribution in [0.4, 0.5) is 0 Å². The number of fused-ring (bicyclic) bond motifs is 3. The lowest BCUT2D eigenvalue weighted by Crippen LogP contribution is -2.18. The largest absolute Gasteiger partial charge is 0.430 e. The summed E-state index contributed by atoms with van der Waals surface area (Å²) in [5, 5.41) is 1.31. The van der Waals surface area contributed by atoms with Gasteiger partial charge in [0.2, 0.25) is 0 Å². The molecule has 0 amide bonds. The lowest BCUT2D eigenvalue weighted by molar-refractivity contribution is 0.517. The molecular formula is C13H9IN2O2S. The molecule has 0 saturated carbocycles. The van der Waals surface area contributed by atoms with Crippen LogP contribution in [-0.4, -0.2) is 9.55 Å². The van der Waals surface area contributed by atoms with Gasteiger partial charge in [-0.1, -0.05) is 0 Å². The highest BCUT2D eigenvalue weighted by Gasteiger charge is 2.13. The van der Waals surface area contributed by atoms with Gasteiger partial charge in [-0.25, -0.2) is 0 Å². The van der Waals surface area contributed by atoms with Gasteiger partial charge in [-0.2, -0.15) is 0 Å². The average Bonchev–Trinajstić information content (AvgIpc) is 2.36. The average molecular weight is 384 g/mol. The maximum absolute atomic E-state index is 12.3. The van der Waals surface area contributed by atoms with E-state index in [4.69, 9.17) is 16.6 Å². The third-order valence-corrected chi connectivity index (χ3v) is 4.09. The minimum absolute atomic E-state index is 0.169. The van der Waals surface area contributed by atoms with Crippen molar-refractivity contribution >= 4 is 56.7 Å². The van der Waals surface area contributed by atoms with Crippen molar-refractivity contribution in [1.82, 2.24) is 9.55 Å². The van der Waals surface area contributed by atoms with Crippen molar-refractivity contribution in [3.8, 4) is 0 Å². The van der Waals surface area contributed by atoms with Crippen LogP contribution >= 0.6 is 34.8 Å². The fourth-order valence-corrected chi connectivity index (χ4v) is 2.74. The maximum Gasteiger partial charge on any atom is 0.271 e. The lowest BCUT2D eigenvalue weighted by atomic mass is 10.1. The molecule has 0 aliphatic carbocycles. The molecule has 2 heterocycles. The molecule has 6 heteroatoms. The molecule has 3 aromatic rings. The van der Waals surface area contributed by atoms with E-state index in [2.05, 4.69) is 27.6 Å². The first-order chi connectivity index (χ1) is 8.99. The van der Waals surface area contributed by atoms with E-state index in [9.17, 15) is 4.79 Å². The van der Waals surface area contributed by atoms with Gasteiger partial charge in [-0.05, 0) is 59.9 Å². The summed E-state index contributed by atoms with van der Waals surface area (Å²) in [6.07, 6.45) is 0. The summed E-state index contributed by atoms with van der Waals surface area (Å²) >= 11 is 7.30. The number of hydrogen-bond donors (Lipinski definition) is 0. The van der Waals surface area contributed by atoms with Gasteiger partial charge < -0.3 is 4.42 Å². The fourth-order valence-electron chi connectivity index (χ4n) is 2.09. The molecule has 0 atom stereocenters. The van der Waals surface area contributed by atoms with Crippen molar-refractivity contribution in [2.75, 3.05) is 0 Å². The van der Waals surface area contributed by atoms with Crippen LogP contribution < -0.4 is 5.56 Å². The Hall–Kier alpha value is -1.28. The Morgan fingerprint density at radius 1 is 1.42 bits per heavy atom. The smallest absolute Gasteiger partial charge is 0.271 e. The van der Waals surface area contributed by atoms with Gasteiger partial charge in [0.15, 0.2) is 5.58 Å². The van der Waals surface area contributed by atoms with Crippen LogP contribution in [0.2, 0.25) is 0 Å². The van der Waals surface area contributed by atoms with Crippen LogP contribution in [0.5, 0.6) is 0 Å². The molecule has 0 aliphatic rings. The predicted molar refractivity (Wildman–Crippen MR) is 85.0 cm³/mol. The first-order valence-electron chi connectivity index (χ1n) is 5.59. The summed E-state index contributed by atoms with van der Waals surface area (Å²) in [7, 11) is 1.60. The predicted octanol–water partition coefficient (Wildman–Crippen LogP) is 3.32. The van der Waals surface area contributed by atoms with E-state index in [0.717, 1.165) is 14.5 Å². The first-order valence-corrected chi connectivity index (χ1v) is 7.07. The number of aromatic nitrogens is 2. The maximum atomic E-state index is 12.3. The Morgan fingerprint density at radius 3 is 2.89 bits per heavy atom. The molecule has 19 heavy (non-hydrogen) atoms. The molecule has 96 valence electrons. The lowest BCUT2D eigenvalue weighted by Gasteiger charge is -2.07. The fraction of sp³-hybridized carbons (Fsp3) is 0.154. The molecular weight excluding hydrogens is 375 g/mol. The number of pyridine rings is 1. The molecule has 3 rings (SSSR count). The molecule has 0 aliphatic heterocycles. The third kappa shape index (κ3) is 1.90. The number of aryl methyl sites for hydroxylation is 1. The molecule has 0 N–H and O–H groups in total. The van der Waals surface area contributed by atoms with E-state index in [1.54, 1.807) is 14.0 Å². The second-order valence-corrected chi connectivity index (χ2v) is 5.89. The van der Waals surface area contributed by atoms with Crippen LogP contribution in [0.1, 0.15) is 5.69 Å². The van der Waals surface area contributed by atoms with Crippen molar-refractivity contribution in [1.29, 1.82) is 0 Å². The SMILES string of the molecule is Cc1nc2ccc(I)cc2c2oc(=S)n(C)c(=O)c12. The number of halogens is 1. The van der Waals surface area contributed by atoms with Gasteiger partial charge in [-0.15, -0.1) is 0 Å². The topological polar surface area (TPSA) is 48.0 Å². The number of nitrogens with zero attached hydrogens (tertiary/aromatic N) is 2. The van der Waals surface area contributed by atoms with E-state index in [1.165, 1.54) is 4.57 Å². The number of rotatable bonds is 0. The van der Waals surface area contributed by atoms with Crippen molar-refractivity contribution in [3.05, 3.63) is 42.7 Å². The highest BCUT2D eigenvalue weighted by atomic mass is 127. The van der Waals surface area contributed by atoms with Gasteiger partial charge in [0, 0.05) is 16.0 Å². The van der Waals surface area contributed by atoms with Gasteiger partial charge >= 0.3 is 0 Å². The second-order valence-electron chi connectivity index (χ2n) is 4.29. The second kappa shape index (κ2) is 4.38. The van der Waals surface area contributed by atoms with Crippen LogP contribution in [0.3, 0.4) is 0 Å². The van der Waals surface area contributed by atoms with E-state index in [1.807, 2.05) is 18.2 Å². The normalized spacial score (nSPS) is 11.3. The monoisotopic (exact) mass is 384 g/mol. The van der Waals surface area contributed by atoms with E-state index >= 15 is 0 Å². The number of hydrogen-bond acceptors (Lipinski definition) is 4. The Morgan fingerprint density at radius 2 is 2.16 bits per heavy atom. The van der Waals surface area contributed by atoms with Crippen molar-refractivity contribution in [2.24, 2.45) is 7.05 Å². The quantitative estimate of drug-likeness (QED) is 0.339. The van der Waals surface area contributed by atoms with Gasteiger partial charge in [0.25, 0.3) is 10.4 Å². The highest BCUT2D eigenvalue weighted by molar-refractivity contribution is 14.1. The molecule has 0 radical (unpaired) electrons. The third-order valence-electron chi connectivity index (χ3n) is 3.06. The summed E-state index contributed by atoms with van der Waals surface area (Å²) in [5.74, 6) is 0. The van der Waals surface area contributed by atoms with Gasteiger partial charge in [-0.3, -0.25) is 14.3 Å². The Labute approximate surface area is 127 Å². The summed E-state index contributed by atoms with van der Waals surface area (Å²) in [5.41, 5.74) is 1.81. The van der Waals surface area contributed by atoms with Crippen molar-refractivity contribution in [3.63, 3.8) is 0 Å². The minimum atomic E-state index is -0.169. The summed E-state index contributed by atoms with van der Waals surface area (Å²) in [6.45, 7) is 1.81. The molecule has 1 aromatic carbocycles. The van der Waals surface area contributed by atoms with Gasteiger partial charge in [0.1, 0.15) is 5.39 Å². The molecule has 2 aromatic heterocycles.